The number of nitro groups is 1. The number of halogens is 1. The number of hydrogen-bond acceptors (Lipinski definition) is 7. The van der Waals surface area contributed by atoms with E-state index in [1.54, 1.807) is 0 Å². The van der Waals surface area contributed by atoms with Crippen molar-refractivity contribution in [1.82, 2.24) is 4.98 Å². The number of primary sulfonamides is 1. The molecule has 0 atom stereocenters. The van der Waals surface area contributed by atoms with Crippen LogP contribution < -0.4 is 9.88 Å². The Labute approximate surface area is 152 Å². The van der Waals surface area contributed by atoms with Gasteiger partial charge in [0.05, 0.1) is 16.0 Å². The van der Waals surface area contributed by atoms with Gasteiger partial charge in [-0.3, -0.25) is 10.1 Å². The third kappa shape index (κ3) is 4.27. The molecular weight excluding hydrogens is 381 g/mol. The smallest absolute Gasteiger partial charge is 0.312 e. The summed E-state index contributed by atoms with van der Waals surface area (Å²) in [6.45, 7) is -0.239. The van der Waals surface area contributed by atoms with Crippen molar-refractivity contribution in [3.63, 3.8) is 0 Å². The summed E-state index contributed by atoms with van der Waals surface area (Å²) in [5, 5.41) is 16.1. The minimum absolute atomic E-state index is 0.124. The molecule has 1 aromatic heterocycles. The van der Waals surface area contributed by atoms with Crippen LogP contribution in [0.25, 0.3) is 11.3 Å². The van der Waals surface area contributed by atoms with E-state index in [0.717, 1.165) is 18.2 Å². The molecule has 0 spiro atoms. The van der Waals surface area contributed by atoms with E-state index < -0.39 is 31.3 Å². The Bertz CT molecular complexity index is 1100. The van der Waals surface area contributed by atoms with E-state index in [0.29, 0.717) is 11.3 Å². The van der Waals surface area contributed by atoms with E-state index in [1.807, 2.05) is 0 Å². The number of oxazole rings is 1. The van der Waals surface area contributed by atoms with Crippen molar-refractivity contribution in [2.45, 2.75) is 11.5 Å². The molecule has 2 aromatic carbocycles. The topological polar surface area (TPSA) is 139 Å². The van der Waals surface area contributed by atoms with Gasteiger partial charge >= 0.3 is 5.69 Å². The molecule has 0 saturated heterocycles. The summed E-state index contributed by atoms with van der Waals surface area (Å²) >= 11 is 0. The molecule has 0 bridgehead atoms. The van der Waals surface area contributed by atoms with Crippen LogP contribution in [-0.2, 0) is 16.6 Å². The molecule has 27 heavy (non-hydrogen) atoms. The first-order valence-electron chi connectivity index (χ1n) is 7.39. The van der Waals surface area contributed by atoms with Crippen LogP contribution >= 0.6 is 0 Å². The van der Waals surface area contributed by atoms with Crippen LogP contribution in [0.2, 0.25) is 0 Å². The second-order valence-corrected chi connectivity index (χ2v) is 6.91. The third-order valence-corrected chi connectivity index (χ3v) is 4.40. The summed E-state index contributed by atoms with van der Waals surface area (Å²) in [5.74, 6) is -0.0715. The van der Waals surface area contributed by atoms with Gasteiger partial charge in [0.15, 0.2) is 18.1 Å². The highest BCUT2D eigenvalue weighted by molar-refractivity contribution is 7.89. The number of nitrogens with zero attached hydrogens (tertiary/aromatic N) is 2. The summed E-state index contributed by atoms with van der Waals surface area (Å²) in [5.41, 5.74) is 0.0328. The van der Waals surface area contributed by atoms with E-state index >= 15 is 0 Å². The maximum atomic E-state index is 13.0. The van der Waals surface area contributed by atoms with Crippen molar-refractivity contribution >= 4 is 15.7 Å². The molecule has 0 unspecified atom stereocenters. The summed E-state index contributed by atoms with van der Waals surface area (Å²) in [7, 11) is -4.09. The molecule has 1 heterocycles. The summed E-state index contributed by atoms with van der Waals surface area (Å²) in [6.07, 6.45) is 1.41. The number of nitrogens with two attached hydrogens (primary N) is 1. The molecule has 0 aliphatic heterocycles. The molecule has 0 aliphatic carbocycles. The number of sulfonamides is 1. The van der Waals surface area contributed by atoms with E-state index in [2.05, 4.69) is 4.98 Å². The normalized spacial score (nSPS) is 11.3. The van der Waals surface area contributed by atoms with Crippen molar-refractivity contribution in [2.24, 2.45) is 5.14 Å². The van der Waals surface area contributed by atoms with Gasteiger partial charge in [-0.15, -0.1) is 0 Å². The van der Waals surface area contributed by atoms with Gasteiger partial charge in [-0.05, 0) is 36.4 Å². The molecule has 0 radical (unpaired) electrons. The first-order valence-corrected chi connectivity index (χ1v) is 8.93. The first kappa shape index (κ1) is 18.5. The third-order valence-electron chi connectivity index (χ3n) is 3.49. The van der Waals surface area contributed by atoms with Crippen LogP contribution in [0.5, 0.6) is 5.75 Å². The molecule has 3 aromatic rings. The zero-order valence-electron chi connectivity index (χ0n) is 13.5. The number of rotatable bonds is 6. The zero-order valence-corrected chi connectivity index (χ0v) is 14.3. The van der Waals surface area contributed by atoms with Gasteiger partial charge in [0.2, 0.25) is 15.9 Å². The largest absolute Gasteiger partial charge is 0.477 e. The van der Waals surface area contributed by atoms with Crippen molar-refractivity contribution in [3.05, 3.63) is 70.5 Å². The van der Waals surface area contributed by atoms with Gasteiger partial charge < -0.3 is 9.15 Å². The molecule has 11 heteroatoms. The fraction of sp³-hybridized carbons (Fsp3) is 0.0625. The lowest BCUT2D eigenvalue weighted by Gasteiger charge is -2.06. The Hall–Kier alpha value is -3.31. The first-order chi connectivity index (χ1) is 12.7. The predicted molar refractivity (Wildman–Crippen MR) is 90.7 cm³/mol. The van der Waals surface area contributed by atoms with Crippen LogP contribution in [0.1, 0.15) is 5.89 Å². The summed E-state index contributed by atoms with van der Waals surface area (Å²) < 4.78 is 46.4. The highest BCUT2D eigenvalue weighted by atomic mass is 32.2. The molecular formula is C16H12FN3O6S. The molecule has 0 aliphatic rings. The van der Waals surface area contributed by atoms with E-state index in [-0.39, 0.29) is 18.2 Å². The van der Waals surface area contributed by atoms with Crippen LogP contribution in [-0.4, -0.2) is 18.3 Å². The Morgan fingerprint density at radius 1 is 1.22 bits per heavy atom. The Morgan fingerprint density at radius 2 is 1.93 bits per heavy atom. The second-order valence-electron chi connectivity index (χ2n) is 5.35. The van der Waals surface area contributed by atoms with Crippen molar-refractivity contribution in [3.8, 4) is 17.1 Å². The van der Waals surface area contributed by atoms with Crippen molar-refractivity contribution in [1.29, 1.82) is 0 Å². The summed E-state index contributed by atoms with van der Waals surface area (Å²) in [6, 6.07) is 8.59. The lowest BCUT2D eigenvalue weighted by atomic mass is 10.2. The van der Waals surface area contributed by atoms with Crippen LogP contribution in [0.3, 0.4) is 0 Å². The number of nitro benzene ring substituents is 1. The Morgan fingerprint density at radius 3 is 2.56 bits per heavy atom. The second kappa shape index (κ2) is 7.13. The van der Waals surface area contributed by atoms with Crippen molar-refractivity contribution < 1.29 is 26.9 Å². The predicted octanol–water partition coefficient (Wildman–Crippen LogP) is 2.62. The maximum Gasteiger partial charge on any atom is 0.312 e. The lowest BCUT2D eigenvalue weighted by molar-refractivity contribution is -0.386. The number of ether oxygens (including phenoxy) is 1. The number of hydrogen-bond donors (Lipinski definition) is 1. The van der Waals surface area contributed by atoms with Gasteiger partial charge in [0.25, 0.3) is 0 Å². The van der Waals surface area contributed by atoms with Gasteiger partial charge in [-0.2, -0.15) is 0 Å². The van der Waals surface area contributed by atoms with Crippen molar-refractivity contribution in [2.75, 3.05) is 0 Å². The molecule has 9 nitrogen and oxygen atoms in total. The van der Waals surface area contributed by atoms with Crippen LogP contribution in [0.4, 0.5) is 10.1 Å². The van der Waals surface area contributed by atoms with Gasteiger partial charge in [0.1, 0.15) is 5.82 Å². The molecule has 140 valence electrons. The molecule has 3 rings (SSSR count). The summed E-state index contributed by atoms with van der Waals surface area (Å²) in [4.78, 5) is 13.9. The van der Waals surface area contributed by atoms with E-state index in [9.17, 15) is 22.9 Å². The lowest BCUT2D eigenvalue weighted by Crippen LogP contribution is -2.12. The molecule has 0 saturated carbocycles. The van der Waals surface area contributed by atoms with Gasteiger partial charge in [-0.1, -0.05) is 0 Å². The zero-order chi connectivity index (χ0) is 19.6. The highest BCUT2D eigenvalue weighted by Gasteiger charge is 2.21. The SMILES string of the molecule is NS(=O)(=O)c1ccc(OCc2ncc(-c3ccc(F)cc3)o2)c([N+](=O)[O-])c1. The minimum Gasteiger partial charge on any atom is -0.477 e. The average molecular weight is 393 g/mol. The fourth-order valence-corrected chi connectivity index (χ4v) is 2.74. The standard InChI is InChI=1S/C16H12FN3O6S/c17-11-3-1-10(2-4-11)15-8-19-16(26-15)9-25-14-6-5-12(27(18,23)24)7-13(14)20(21)22/h1-8H,9H2,(H2,18,23,24). The molecule has 0 fully saturated rings. The number of aromatic nitrogens is 1. The quantitative estimate of drug-likeness (QED) is 0.501. The van der Waals surface area contributed by atoms with E-state index in [1.165, 1.54) is 30.5 Å². The Kier molecular flexibility index (Phi) is 4.88. The number of benzene rings is 2. The maximum absolute atomic E-state index is 13.0. The van der Waals surface area contributed by atoms with Gasteiger partial charge in [0, 0.05) is 11.6 Å². The van der Waals surface area contributed by atoms with Crippen LogP contribution in [0.15, 0.2) is 58.0 Å². The Balaban J connectivity index is 1.79. The monoisotopic (exact) mass is 393 g/mol. The van der Waals surface area contributed by atoms with Gasteiger partial charge in [-0.25, -0.2) is 22.9 Å². The van der Waals surface area contributed by atoms with E-state index in [4.69, 9.17) is 14.3 Å². The molecule has 2 N–H and O–H groups in total. The van der Waals surface area contributed by atoms with Crippen LogP contribution in [0, 0.1) is 15.9 Å². The molecule has 0 amide bonds. The average Bonchev–Trinajstić information content (AvgIpc) is 3.08. The fourth-order valence-electron chi connectivity index (χ4n) is 2.20. The highest BCUT2D eigenvalue weighted by Crippen LogP contribution is 2.30. The minimum atomic E-state index is -4.09.